The van der Waals surface area contributed by atoms with Gasteiger partial charge in [-0.2, -0.15) is 0 Å². The lowest BCUT2D eigenvalue weighted by Crippen LogP contribution is -2.54. The monoisotopic (exact) mass is 325 g/mol. The molecule has 0 spiro atoms. The molecule has 4 rings (SSSR count). The van der Waals surface area contributed by atoms with Crippen LogP contribution < -0.4 is 4.90 Å². The van der Waals surface area contributed by atoms with Crippen molar-refractivity contribution in [3.63, 3.8) is 0 Å². The zero-order chi connectivity index (χ0) is 16.7. The van der Waals surface area contributed by atoms with Gasteiger partial charge >= 0.3 is 0 Å². The summed E-state index contributed by atoms with van der Waals surface area (Å²) in [5, 5.41) is 0. The Kier molecular flexibility index (Phi) is 3.61. The highest BCUT2D eigenvalue weighted by Crippen LogP contribution is 2.29. The normalized spacial score (nSPS) is 23.5. The van der Waals surface area contributed by atoms with E-state index in [1.54, 1.807) is 9.80 Å². The van der Waals surface area contributed by atoms with Gasteiger partial charge in [-0.05, 0) is 24.3 Å². The average molecular weight is 325 g/mol. The van der Waals surface area contributed by atoms with Gasteiger partial charge in [0.05, 0.1) is 12.1 Å². The fourth-order valence-corrected chi connectivity index (χ4v) is 3.54. The molecule has 0 aliphatic carbocycles. The Bertz CT molecular complexity index is 771. The van der Waals surface area contributed by atoms with Crippen LogP contribution >= 0.6 is 0 Å². The largest absolute Gasteiger partial charge is 0.364 e. The van der Waals surface area contributed by atoms with Crippen LogP contribution in [0.25, 0.3) is 0 Å². The second kappa shape index (κ2) is 5.79. The van der Waals surface area contributed by atoms with Crippen LogP contribution in [0.3, 0.4) is 0 Å². The summed E-state index contributed by atoms with van der Waals surface area (Å²) in [5.41, 5.74) is 1.50. The molecule has 2 atom stereocenters. The van der Waals surface area contributed by atoms with E-state index in [1.807, 2.05) is 60.3 Å². The van der Waals surface area contributed by atoms with Crippen LogP contribution in [0.2, 0.25) is 0 Å². The number of nitrogens with zero attached hydrogens (tertiary/aromatic N) is 3. The molecule has 3 heterocycles. The first-order valence-corrected chi connectivity index (χ1v) is 8.04. The third kappa shape index (κ3) is 2.39. The lowest BCUT2D eigenvalue weighted by atomic mass is 10.1. The predicted octanol–water partition coefficient (Wildman–Crippen LogP) is 1.28. The Morgan fingerprint density at radius 2 is 1.92 bits per heavy atom. The molecule has 6 nitrogen and oxygen atoms in total. The van der Waals surface area contributed by atoms with Gasteiger partial charge in [-0.3, -0.25) is 9.59 Å². The molecule has 0 saturated carbocycles. The summed E-state index contributed by atoms with van der Waals surface area (Å²) >= 11 is 0. The molecule has 2 aromatic rings. The number of aryl methyl sites for hydroxylation is 1. The van der Waals surface area contributed by atoms with Crippen molar-refractivity contribution in [2.45, 2.75) is 12.1 Å². The fraction of sp³-hybridized carbons (Fsp3) is 0.333. The fourth-order valence-electron chi connectivity index (χ4n) is 3.54. The number of benzene rings is 1. The number of carbonyl (C=O) groups excluding carboxylic acids is 2. The van der Waals surface area contributed by atoms with Crippen molar-refractivity contribution in [1.29, 1.82) is 0 Å². The van der Waals surface area contributed by atoms with Gasteiger partial charge in [0.2, 0.25) is 0 Å². The van der Waals surface area contributed by atoms with Gasteiger partial charge < -0.3 is 19.1 Å². The molecule has 0 N–H and O–H groups in total. The minimum atomic E-state index is -0.146. The van der Waals surface area contributed by atoms with Gasteiger partial charge in [0, 0.05) is 32.0 Å². The maximum Gasteiger partial charge on any atom is 0.270 e. The highest BCUT2D eigenvalue weighted by molar-refractivity contribution is 5.97. The number of anilines is 1. The number of para-hydroxylation sites is 1. The van der Waals surface area contributed by atoms with Crippen LogP contribution in [0.5, 0.6) is 0 Å². The number of likely N-dealkylation sites (tertiary alicyclic amines) is 1. The van der Waals surface area contributed by atoms with Gasteiger partial charge in [-0.15, -0.1) is 0 Å². The molecule has 124 valence electrons. The third-order valence-corrected chi connectivity index (χ3v) is 4.74. The molecular weight excluding hydrogens is 306 g/mol. The first kappa shape index (κ1) is 15.0. The van der Waals surface area contributed by atoms with Crippen molar-refractivity contribution in [3.05, 3.63) is 54.4 Å². The minimum Gasteiger partial charge on any atom is -0.364 e. The molecule has 0 unspecified atom stereocenters. The molecule has 1 aromatic heterocycles. The lowest BCUT2D eigenvalue weighted by Gasteiger charge is -2.36. The maximum atomic E-state index is 12.7. The zero-order valence-electron chi connectivity index (χ0n) is 13.5. The smallest absolute Gasteiger partial charge is 0.270 e. The number of ether oxygens (including phenoxy) is 1. The molecule has 1 aromatic carbocycles. The van der Waals surface area contributed by atoms with E-state index in [0.29, 0.717) is 18.8 Å². The first-order chi connectivity index (χ1) is 11.6. The van der Waals surface area contributed by atoms with E-state index < -0.39 is 0 Å². The summed E-state index contributed by atoms with van der Waals surface area (Å²) in [6.07, 6.45) is 1.71. The Hall–Kier alpha value is -2.60. The van der Waals surface area contributed by atoms with Crippen LogP contribution in [0, 0.1) is 0 Å². The molecule has 2 amide bonds. The molecular formula is C18H19N3O3. The van der Waals surface area contributed by atoms with Gasteiger partial charge in [0.15, 0.2) is 0 Å². The Balaban J connectivity index is 1.60. The van der Waals surface area contributed by atoms with E-state index >= 15 is 0 Å². The highest BCUT2D eigenvalue weighted by Gasteiger charge is 2.45. The Morgan fingerprint density at radius 1 is 1.12 bits per heavy atom. The summed E-state index contributed by atoms with van der Waals surface area (Å²) < 4.78 is 7.51. The van der Waals surface area contributed by atoms with Crippen molar-refractivity contribution >= 4 is 17.5 Å². The summed E-state index contributed by atoms with van der Waals surface area (Å²) in [5.74, 6) is -0.0865. The van der Waals surface area contributed by atoms with Crippen molar-refractivity contribution < 1.29 is 14.3 Å². The zero-order valence-corrected chi connectivity index (χ0v) is 13.5. The molecule has 2 saturated heterocycles. The van der Waals surface area contributed by atoms with Crippen molar-refractivity contribution in [1.82, 2.24) is 9.47 Å². The van der Waals surface area contributed by atoms with Crippen LogP contribution in [0.1, 0.15) is 10.5 Å². The average Bonchev–Trinajstić information content (AvgIpc) is 3.21. The van der Waals surface area contributed by atoms with Crippen molar-refractivity contribution in [3.8, 4) is 0 Å². The topological polar surface area (TPSA) is 54.8 Å². The van der Waals surface area contributed by atoms with Gasteiger partial charge in [-0.1, -0.05) is 18.2 Å². The van der Waals surface area contributed by atoms with Crippen LogP contribution in [-0.2, 0) is 16.6 Å². The van der Waals surface area contributed by atoms with Crippen molar-refractivity contribution in [2.75, 3.05) is 24.6 Å². The number of hydrogen-bond donors (Lipinski definition) is 0. The van der Waals surface area contributed by atoms with Gasteiger partial charge in [-0.25, -0.2) is 0 Å². The standard InChI is InChI=1S/C18H19N3O3/c1-19-9-5-8-14(19)18(23)20-10-15-16(11-20)24-12-17(22)21(15)13-6-3-2-4-7-13/h2-9,15-16H,10-12H2,1H3/t15-,16-/m0/s1. The van der Waals surface area contributed by atoms with E-state index in [2.05, 4.69) is 0 Å². The van der Waals surface area contributed by atoms with E-state index in [-0.39, 0.29) is 30.6 Å². The lowest BCUT2D eigenvalue weighted by molar-refractivity contribution is -0.130. The first-order valence-electron chi connectivity index (χ1n) is 8.04. The van der Waals surface area contributed by atoms with Crippen molar-refractivity contribution in [2.24, 2.45) is 7.05 Å². The molecule has 2 fully saturated rings. The second-order valence-electron chi connectivity index (χ2n) is 6.23. The van der Waals surface area contributed by atoms with E-state index in [4.69, 9.17) is 4.74 Å². The number of hydrogen-bond acceptors (Lipinski definition) is 3. The number of amides is 2. The van der Waals surface area contributed by atoms with Gasteiger partial charge in [0.25, 0.3) is 11.8 Å². The third-order valence-electron chi connectivity index (χ3n) is 4.74. The number of morpholine rings is 1. The second-order valence-corrected chi connectivity index (χ2v) is 6.23. The number of aromatic nitrogens is 1. The summed E-state index contributed by atoms with van der Waals surface area (Å²) in [4.78, 5) is 28.7. The molecule has 24 heavy (non-hydrogen) atoms. The summed E-state index contributed by atoms with van der Waals surface area (Å²) in [7, 11) is 1.85. The quantitative estimate of drug-likeness (QED) is 0.836. The Morgan fingerprint density at radius 3 is 2.62 bits per heavy atom. The molecule has 0 radical (unpaired) electrons. The molecule has 2 aliphatic heterocycles. The maximum absolute atomic E-state index is 12.7. The van der Waals surface area contributed by atoms with E-state index in [1.165, 1.54) is 0 Å². The molecule has 2 aliphatic rings. The highest BCUT2D eigenvalue weighted by atomic mass is 16.5. The summed E-state index contributed by atoms with van der Waals surface area (Å²) in [6.45, 7) is 1.04. The SMILES string of the molecule is Cn1cccc1C(=O)N1C[C@@H]2OCC(=O)N(c3ccccc3)[C@H]2C1. The number of carbonyl (C=O) groups is 2. The van der Waals surface area contributed by atoms with Crippen LogP contribution in [0.4, 0.5) is 5.69 Å². The molecule has 6 heteroatoms. The Labute approximate surface area is 140 Å². The van der Waals surface area contributed by atoms with Crippen LogP contribution in [0.15, 0.2) is 48.7 Å². The molecule has 0 bridgehead atoms. The van der Waals surface area contributed by atoms with Crippen LogP contribution in [-0.4, -0.2) is 53.1 Å². The summed E-state index contributed by atoms with van der Waals surface area (Å²) in [6, 6.07) is 13.1. The minimum absolute atomic E-state index is 0.0269. The van der Waals surface area contributed by atoms with E-state index in [9.17, 15) is 9.59 Å². The predicted molar refractivity (Wildman–Crippen MR) is 88.8 cm³/mol. The number of rotatable bonds is 2. The van der Waals surface area contributed by atoms with Gasteiger partial charge in [0.1, 0.15) is 12.3 Å². The van der Waals surface area contributed by atoms with E-state index in [0.717, 1.165) is 5.69 Å². The number of fused-ring (bicyclic) bond motifs is 1.